The Bertz CT molecular complexity index is 1250. The zero-order chi connectivity index (χ0) is 19.9. The maximum Gasteiger partial charge on any atom is 0.241 e. The minimum Gasteiger partial charge on any atom is -0.217 e. The van der Waals surface area contributed by atoms with Crippen LogP contribution in [0.5, 0.6) is 0 Å². The van der Waals surface area contributed by atoms with Gasteiger partial charge in [0.05, 0.1) is 22.8 Å². The van der Waals surface area contributed by atoms with Crippen molar-refractivity contribution in [1.29, 1.82) is 0 Å². The van der Waals surface area contributed by atoms with Crippen LogP contribution < -0.4 is 4.72 Å². The van der Waals surface area contributed by atoms with E-state index in [1.165, 1.54) is 11.3 Å². The highest BCUT2D eigenvalue weighted by Crippen LogP contribution is 2.27. The van der Waals surface area contributed by atoms with Crippen LogP contribution in [-0.2, 0) is 16.6 Å². The van der Waals surface area contributed by atoms with Crippen molar-refractivity contribution in [1.82, 2.24) is 19.3 Å². The second-order valence-electron chi connectivity index (χ2n) is 6.02. The molecule has 0 radical (unpaired) electrons. The van der Waals surface area contributed by atoms with Crippen molar-refractivity contribution in [2.24, 2.45) is 0 Å². The Morgan fingerprint density at radius 3 is 2.46 bits per heavy atom. The van der Waals surface area contributed by atoms with Crippen LogP contribution in [0.1, 0.15) is 10.7 Å². The quantitative estimate of drug-likeness (QED) is 0.536. The summed E-state index contributed by atoms with van der Waals surface area (Å²) < 4.78 is 55.9. The fraction of sp³-hybridized carbons (Fsp3) is 0.111. The molecule has 0 aliphatic carbocycles. The number of nitrogens with one attached hydrogen (secondary N) is 1. The van der Waals surface area contributed by atoms with E-state index in [0.717, 1.165) is 22.7 Å². The van der Waals surface area contributed by atoms with Crippen LogP contribution in [0, 0.1) is 18.6 Å². The lowest BCUT2D eigenvalue weighted by Crippen LogP contribution is -2.24. The molecule has 2 aromatic carbocycles. The molecule has 144 valence electrons. The average molecular weight is 420 g/mol. The lowest BCUT2D eigenvalue weighted by molar-refractivity contribution is 0.560. The van der Waals surface area contributed by atoms with Crippen LogP contribution in [0.3, 0.4) is 0 Å². The highest BCUT2D eigenvalue weighted by molar-refractivity contribution is 7.89. The highest BCUT2D eigenvalue weighted by Gasteiger charge is 2.21. The molecule has 4 rings (SSSR count). The molecule has 10 heteroatoms. The van der Waals surface area contributed by atoms with Crippen molar-refractivity contribution in [2.45, 2.75) is 18.4 Å². The third-order valence-electron chi connectivity index (χ3n) is 4.02. The smallest absolute Gasteiger partial charge is 0.217 e. The molecule has 0 unspecified atom stereocenters. The van der Waals surface area contributed by atoms with E-state index in [0.29, 0.717) is 22.4 Å². The summed E-state index contributed by atoms with van der Waals surface area (Å²) in [5.74, 6) is -1.93. The van der Waals surface area contributed by atoms with Gasteiger partial charge in [-0.2, -0.15) is 5.10 Å². The van der Waals surface area contributed by atoms with Gasteiger partial charge in [0.2, 0.25) is 15.0 Å². The summed E-state index contributed by atoms with van der Waals surface area (Å²) >= 11 is 1.38. The molecule has 0 saturated carbocycles. The summed E-state index contributed by atoms with van der Waals surface area (Å²) in [7, 11) is -4.14. The SMILES string of the molecule is Cc1nn2c(CNS(=O)(=O)c3cc(F)cc(F)c3)c(-c3ccccc3)nc2s1. The number of rotatable bonds is 5. The Hall–Kier alpha value is -2.69. The fourth-order valence-corrected chi connectivity index (χ4v) is 4.59. The van der Waals surface area contributed by atoms with Gasteiger partial charge in [0, 0.05) is 11.6 Å². The van der Waals surface area contributed by atoms with Crippen LogP contribution in [0.15, 0.2) is 53.4 Å². The number of sulfonamides is 1. The van der Waals surface area contributed by atoms with Crippen LogP contribution in [0.25, 0.3) is 16.2 Å². The molecule has 2 aromatic heterocycles. The summed E-state index contributed by atoms with van der Waals surface area (Å²) in [4.78, 5) is 4.71. The van der Waals surface area contributed by atoms with E-state index in [2.05, 4.69) is 14.8 Å². The molecule has 0 saturated heterocycles. The van der Waals surface area contributed by atoms with Crippen LogP contribution >= 0.6 is 11.3 Å². The monoisotopic (exact) mass is 420 g/mol. The van der Waals surface area contributed by atoms with Gasteiger partial charge < -0.3 is 0 Å². The van der Waals surface area contributed by atoms with Crippen LogP contribution in [0.4, 0.5) is 8.78 Å². The van der Waals surface area contributed by atoms with Crippen molar-refractivity contribution < 1.29 is 17.2 Å². The maximum atomic E-state index is 13.4. The molecule has 28 heavy (non-hydrogen) atoms. The van der Waals surface area contributed by atoms with E-state index in [1.807, 2.05) is 37.3 Å². The van der Waals surface area contributed by atoms with E-state index in [9.17, 15) is 17.2 Å². The molecule has 1 N–H and O–H groups in total. The standard InChI is InChI=1S/C18H14F2N4O2S2/c1-11-23-24-16(17(22-18(24)27-11)12-5-3-2-4-6-12)10-21-28(25,26)15-8-13(19)7-14(20)9-15/h2-9,21H,10H2,1H3. The van der Waals surface area contributed by atoms with Gasteiger partial charge in [-0.3, -0.25) is 0 Å². The Morgan fingerprint density at radius 1 is 1.11 bits per heavy atom. The van der Waals surface area contributed by atoms with Crippen LogP contribution in [0.2, 0.25) is 0 Å². The number of hydrogen-bond acceptors (Lipinski definition) is 5. The zero-order valence-electron chi connectivity index (χ0n) is 14.6. The van der Waals surface area contributed by atoms with Crippen LogP contribution in [-0.4, -0.2) is 23.0 Å². The number of imidazole rings is 1. The predicted octanol–water partition coefficient (Wildman–Crippen LogP) is 3.52. The number of hydrogen-bond donors (Lipinski definition) is 1. The minimum atomic E-state index is -4.14. The molecule has 0 bridgehead atoms. The fourth-order valence-electron chi connectivity index (χ4n) is 2.80. The number of aryl methyl sites for hydroxylation is 1. The highest BCUT2D eigenvalue weighted by atomic mass is 32.2. The second kappa shape index (κ2) is 7.04. The largest absolute Gasteiger partial charge is 0.241 e. The van der Waals surface area contributed by atoms with Gasteiger partial charge in [0.15, 0.2) is 0 Å². The predicted molar refractivity (Wildman–Crippen MR) is 101 cm³/mol. The van der Waals surface area contributed by atoms with Gasteiger partial charge in [-0.15, -0.1) is 0 Å². The molecular weight excluding hydrogens is 406 g/mol. The van der Waals surface area contributed by atoms with E-state index in [4.69, 9.17) is 0 Å². The first-order valence-corrected chi connectivity index (χ1v) is 10.5. The van der Waals surface area contributed by atoms with Crippen molar-refractivity contribution in [3.8, 4) is 11.3 Å². The lowest BCUT2D eigenvalue weighted by atomic mass is 10.1. The summed E-state index contributed by atoms with van der Waals surface area (Å²) in [6.45, 7) is 1.68. The van der Waals surface area contributed by atoms with E-state index in [-0.39, 0.29) is 6.54 Å². The normalized spacial score (nSPS) is 12.0. The zero-order valence-corrected chi connectivity index (χ0v) is 16.2. The molecule has 6 nitrogen and oxygen atoms in total. The molecular formula is C18H14F2N4O2S2. The minimum absolute atomic E-state index is 0.144. The van der Waals surface area contributed by atoms with E-state index < -0.39 is 26.6 Å². The van der Waals surface area contributed by atoms with Crippen molar-refractivity contribution in [2.75, 3.05) is 0 Å². The average Bonchev–Trinajstić information content (AvgIpc) is 3.16. The van der Waals surface area contributed by atoms with Gasteiger partial charge in [-0.1, -0.05) is 41.7 Å². The van der Waals surface area contributed by atoms with Gasteiger partial charge in [-0.25, -0.2) is 31.4 Å². The topological polar surface area (TPSA) is 76.4 Å². The molecule has 2 heterocycles. The molecule has 0 fully saturated rings. The molecule has 0 aliphatic rings. The molecule has 0 atom stereocenters. The number of nitrogens with zero attached hydrogens (tertiary/aromatic N) is 3. The summed E-state index contributed by atoms with van der Waals surface area (Å²) in [6.07, 6.45) is 0. The molecule has 0 amide bonds. The number of benzene rings is 2. The first-order chi connectivity index (χ1) is 13.3. The van der Waals surface area contributed by atoms with Gasteiger partial charge in [0.25, 0.3) is 0 Å². The van der Waals surface area contributed by atoms with Gasteiger partial charge in [0.1, 0.15) is 16.6 Å². The van der Waals surface area contributed by atoms with E-state index in [1.54, 1.807) is 4.52 Å². The lowest BCUT2D eigenvalue weighted by Gasteiger charge is -2.08. The maximum absolute atomic E-state index is 13.4. The second-order valence-corrected chi connectivity index (χ2v) is 8.95. The van der Waals surface area contributed by atoms with Gasteiger partial charge in [-0.05, 0) is 19.1 Å². The summed E-state index contributed by atoms with van der Waals surface area (Å²) in [5, 5.41) is 5.16. The Kier molecular flexibility index (Phi) is 4.69. The molecule has 4 aromatic rings. The summed E-state index contributed by atoms with van der Waals surface area (Å²) in [5.41, 5.74) is 1.93. The molecule has 0 spiro atoms. The van der Waals surface area contributed by atoms with Crippen molar-refractivity contribution in [3.05, 3.63) is 70.9 Å². The number of fused-ring (bicyclic) bond motifs is 1. The Balaban J connectivity index is 1.73. The first-order valence-electron chi connectivity index (χ1n) is 8.20. The van der Waals surface area contributed by atoms with E-state index >= 15 is 0 Å². The number of aromatic nitrogens is 3. The molecule has 0 aliphatic heterocycles. The number of halogens is 2. The van der Waals surface area contributed by atoms with Crippen molar-refractivity contribution >= 4 is 26.3 Å². The van der Waals surface area contributed by atoms with Gasteiger partial charge >= 0.3 is 0 Å². The summed E-state index contributed by atoms with van der Waals surface area (Å²) in [6, 6.07) is 11.4. The first kappa shape index (κ1) is 18.7. The Labute approximate surface area is 163 Å². The Morgan fingerprint density at radius 2 is 1.79 bits per heavy atom. The third-order valence-corrected chi connectivity index (χ3v) is 6.23. The van der Waals surface area contributed by atoms with Crippen molar-refractivity contribution in [3.63, 3.8) is 0 Å². The third kappa shape index (κ3) is 3.53.